The van der Waals surface area contributed by atoms with Crippen molar-refractivity contribution in [3.05, 3.63) is 65.2 Å². The SMILES string of the molecule is CCc1ccccc1CN1CCCN(C(=O)c2ccc(N)cc2)CC1. The van der Waals surface area contributed by atoms with E-state index < -0.39 is 0 Å². The van der Waals surface area contributed by atoms with Crippen LogP contribution in [0.25, 0.3) is 0 Å². The van der Waals surface area contributed by atoms with E-state index in [1.54, 1.807) is 12.1 Å². The number of amides is 1. The van der Waals surface area contributed by atoms with Crippen LogP contribution in [0.5, 0.6) is 0 Å². The van der Waals surface area contributed by atoms with E-state index in [1.807, 2.05) is 17.0 Å². The lowest BCUT2D eigenvalue weighted by Crippen LogP contribution is -2.35. The van der Waals surface area contributed by atoms with E-state index in [9.17, 15) is 4.79 Å². The van der Waals surface area contributed by atoms with E-state index in [0.717, 1.165) is 51.1 Å². The summed E-state index contributed by atoms with van der Waals surface area (Å²) >= 11 is 0. The fourth-order valence-corrected chi connectivity index (χ4v) is 3.44. The first-order valence-electron chi connectivity index (χ1n) is 9.11. The molecule has 0 aromatic heterocycles. The van der Waals surface area contributed by atoms with Gasteiger partial charge < -0.3 is 10.6 Å². The van der Waals surface area contributed by atoms with Gasteiger partial charge in [0.2, 0.25) is 0 Å². The van der Waals surface area contributed by atoms with Crippen molar-refractivity contribution in [2.75, 3.05) is 31.9 Å². The molecular weight excluding hydrogens is 310 g/mol. The minimum absolute atomic E-state index is 0.107. The predicted octanol–water partition coefficient (Wildman–Crippen LogP) is 3.18. The molecule has 0 unspecified atom stereocenters. The highest BCUT2D eigenvalue weighted by Gasteiger charge is 2.20. The molecule has 0 radical (unpaired) electrons. The molecule has 0 spiro atoms. The van der Waals surface area contributed by atoms with Crippen LogP contribution in [-0.4, -0.2) is 41.9 Å². The summed E-state index contributed by atoms with van der Waals surface area (Å²) in [5, 5.41) is 0. The maximum Gasteiger partial charge on any atom is 0.253 e. The summed E-state index contributed by atoms with van der Waals surface area (Å²) < 4.78 is 0. The van der Waals surface area contributed by atoms with Crippen molar-refractivity contribution in [2.45, 2.75) is 26.3 Å². The average molecular weight is 337 g/mol. The van der Waals surface area contributed by atoms with Gasteiger partial charge in [0, 0.05) is 44.0 Å². The quantitative estimate of drug-likeness (QED) is 0.872. The molecule has 3 rings (SSSR count). The number of nitrogens with two attached hydrogens (primary N) is 1. The van der Waals surface area contributed by atoms with Crippen LogP contribution in [0.3, 0.4) is 0 Å². The van der Waals surface area contributed by atoms with Gasteiger partial charge in [0.15, 0.2) is 0 Å². The first-order chi connectivity index (χ1) is 12.2. The molecular formula is C21H27N3O. The minimum atomic E-state index is 0.107. The van der Waals surface area contributed by atoms with Gasteiger partial charge >= 0.3 is 0 Å². The van der Waals surface area contributed by atoms with Crippen molar-refractivity contribution >= 4 is 11.6 Å². The van der Waals surface area contributed by atoms with Crippen LogP contribution in [0, 0.1) is 0 Å². The molecule has 1 heterocycles. The molecule has 2 aromatic carbocycles. The number of nitrogen functional groups attached to an aromatic ring is 1. The maximum absolute atomic E-state index is 12.7. The number of benzene rings is 2. The van der Waals surface area contributed by atoms with Crippen molar-refractivity contribution in [1.29, 1.82) is 0 Å². The molecule has 1 fully saturated rings. The van der Waals surface area contributed by atoms with Gasteiger partial charge in [-0.2, -0.15) is 0 Å². The van der Waals surface area contributed by atoms with E-state index in [1.165, 1.54) is 11.1 Å². The van der Waals surface area contributed by atoms with Crippen LogP contribution in [0.2, 0.25) is 0 Å². The molecule has 0 bridgehead atoms. The van der Waals surface area contributed by atoms with Gasteiger partial charge in [-0.1, -0.05) is 31.2 Å². The number of aryl methyl sites for hydroxylation is 1. The third-order valence-corrected chi connectivity index (χ3v) is 4.93. The Morgan fingerprint density at radius 1 is 0.960 bits per heavy atom. The molecule has 132 valence electrons. The van der Waals surface area contributed by atoms with Crippen LogP contribution in [0.1, 0.15) is 34.8 Å². The van der Waals surface area contributed by atoms with Crippen molar-refractivity contribution in [1.82, 2.24) is 9.80 Å². The summed E-state index contributed by atoms with van der Waals surface area (Å²) in [6, 6.07) is 15.9. The molecule has 25 heavy (non-hydrogen) atoms. The Morgan fingerprint density at radius 2 is 1.68 bits per heavy atom. The van der Waals surface area contributed by atoms with E-state index >= 15 is 0 Å². The standard InChI is InChI=1S/C21H27N3O/c1-2-17-6-3-4-7-19(17)16-23-12-5-13-24(15-14-23)21(25)18-8-10-20(22)11-9-18/h3-4,6-11H,2,5,12-16,22H2,1H3. The number of rotatable bonds is 4. The second kappa shape index (κ2) is 8.17. The topological polar surface area (TPSA) is 49.6 Å². The lowest BCUT2D eigenvalue weighted by Gasteiger charge is -2.23. The number of hydrogen-bond donors (Lipinski definition) is 1. The van der Waals surface area contributed by atoms with Crippen LogP contribution in [-0.2, 0) is 13.0 Å². The number of hydrogen-bond acceptors (Lipinski definition) is 3. The molecule has 2 aromatic rings. The molecule has 0 atom stereocenters. The monoisotopic (exact) mass is 337 g/mol. The van der Waals surface area contributed by atoms with E-state index in [4.69, 9.17) is 5.73 Å². The van der Waals surface area contributed by atoms with Gasteiger partial charge in [-0.25, -0.2) is 0 Å². The predicted molar refractivity (Wildman–Crippen MR) is 102 cm³/mol. The summed E-state index contributed by atoms with van der Waals surface area (Å²) in [6.45, 7) is 6.71. The average Bonchev–Trinajstić information content (AvgIpc) is 2.88. The number of carbonyl (C=O) groups is 1. The van der Waals surface area contributed by atoms with Crippen molar-refractivity contribution < 1.29 is 4.79 Å². The molecule has 1 aliphatic rings. The first-order valence-corrected chi connectivity index (χ1v) is 9.11. The Bertz CT molecular complexity index is 711. The zero-order valence-corrected chi connectivity index (χ0v) is 14.9. The number of anilines is 1. The Kier molecular flexibility index (Phi) is 5.71. The van der Waals surface area contributed by atoms with Crippen LogP contribution in [0.15, 0.2) is 48.5 Å². The lowest BCUT2D eigenvalue weighted by molar-refractivity contribution is 0.0761. The Morgan fingerprint density at radius 3 is 2.40 bits per heavy atom. The van der Waals surface area contributed by atoms with Crippen molar-refractivity contribution in [2.24, 2.45) is 0 Å². The largest absolute Gasteiger partial charge is 0.399 e. The fraction of sp³-hybridized carbons (Fsp3) is 0.381. The highest BCUT2D eigenvalue weighted by atomic mass is 16.2. The first kappa shape index (κ1) is 17.5. The number of nitrogens with zero attached hydrogens (tertiary/aromatic N) is 2. The van der Waals surface area contributed by atoms with Gasteiger partial charge in [-0.05, 0) is 48.2 Å². The zero-order valence-electron chi connectivity index (χ0n) is 14.9. The maximum atomic E-state index is 12.7. The highest BCUT2D eigenvalue weighted by Crippen LogP contribution is 2.16. The Labute approximate surface area is 150 Å². The van der Waals surface area contributed by atoms with Gasteiger partial charge in [-0.3, -0.25) is 9.69 Å². The van der Waals surface area contributed by atoms with Gasteiger partial charge in [0.25, 0.3) is 5.91 Å². The molecule has 0 aliphatic carbocycles. The van der Waals surface area contributed by atoms with Gasteiger partial charge in [0.05, 0.1) is 0 Å². The smallest absolute Gasteiger partial charge is 0.253 e. The molecule has 0 saturated carbocycles. The summed E-state index contributed by atoms with van der Waals surface area (Å²) in [7, 11) is 0. The zero-order chi connectivity index (χ0) is 17.6. The van der Waals surface area contributed by atoms with Crippen molar-refractivity contribution in [3.63, 3.8) is 0 Å². The highest BCUT2D eigenvalue weighted by molar-refractivity contribution is 5.94. The number of carbonyl (C=O) groups excluding carboxylic acids is 1. The Hall–Kier alpha value is -2.33. The minimum Gasteiger partial charge on any atom is -0.399 e. The summed E-state index contributed by atoms with van der Waals surface area (Å²) in [4.78, 5) is 17.1. The van der Waals surface area contributed by atoms with Gasteiger partial charge in [-0.15, -0.1) is 0 Å². The molecule has 1 saturated heterocycles. The van der Waals surface area contributed by atoms with Gasteiger partial charge in [0.1, 0.15) is 0 Å². The molecule has 4 heteroatoms. The van der Waals surface area contributed by atoms with Crippen LogP contribution in [0.4, 0.5) is 5.69 Å². The molecule has 1 amide bonds. The van der Waals surface area contributed by atoms with E-state index in [-0.39, 0.29) is 5.91 Å². The molecule has 2 N–H and O–H groups in total. The van der Waals surface area contributed by atoms with E-state index in [0.29, 0.717) is 5.69 Å². The fourth-order valence-electron chi connectivity index (χ4n) is 3.44. The summed E-state index contributed by atoms with van der Waals surface area (Å²) in [5.41, 5.74) is 9.95. The molecule has 1 aliphatic heterocycles. The normalized spacial score (nSPS) is 15.8. The lowest BCUT2D eigenvalue weighted by atomic mass is 10.0. The van der Waals surface area contributed by atoms with Crippen LogP contribution >= 0.6 is 0 Å². The van der Waals surface area contributed by atoms with Crippen LogP contribution < -0.4 is 5.73 Å². The second-order valence-corrected chi connectivity index (χ2v) is 6.67. The molecule has 4 nitrogen and oxygen atoms in total. The van der Waals surface area contributed by atoms with Crippen molar-refractivity contribution in [3.8, 4) is 0 Å². The summed E-state index contributed by atoms with van der Waals surface area (Å²) in [5.74, 6) is 0.107. The van der Waals surface area contributed by atoms with E-state index in [2.05, 4.69) is 36.1 Å². The third kappa shape index (κ3) is 4.40. The summed E-state index contributed by atoms with van der Waals surface area (Å²) in [6.07, 6.45) is 2.07. The Balaban J connectivity index is 1.62. The third-order valence-electron chi connectivity index (χ3n) is 4.93. The second-order valence-electron chi connectivity index (χ2n) is 6.67.